The van der Waals surface area contributed by atoms with Crippen molar-refractivity contribution in [1.82, 2.24) is 0 Å². The average molecular weight is 315 g/mol. The van der Waals surface area contributed by atoms with Gasteiger partial charge in [0.1, 0.15) is 0 Å². The van der Waals surface area contributed by atoms with Crippen LogP contribution in [0.1, 0.15) is 10.4 Å². The van der Waals surface area contributed by atoms with Crippen LogP contribution in [0.4, 0.5) is 0 Å². The molecule has 108 valence electrons. The fourth-order valence-electron chi connectivity index (χ4n) is 3.83. The molecule has 0 aliphatic rings. The Morgan fingerprint density at radius 2 is 1.30 bits per heavy atom. The van der Waals surface area contributed by atoms with Crippen molar-refractivity contribution in [3.05, 3.63) is 71.2 Å². The highest BCUT2D eigenvalue weighted by Gasteiger charge is 2.17. The highest BCUT2D eigenvalue weighted by molar-refractivity contribution is 6.41. The SMILES string of the molecule is O=Cc1c(Cl)cc2cccc3c4cccc5cccc(c1c23)c54. The summed E-state index contributed by atoms with van der Waals surface area (Å²) in [5.41, 5.74) is 0.577. The Labute approximate surface area is 137 Å². The Bertz CT molecular complexity index is 1230. The van der Waals surface area contributed by atoms with E-state index in [0.29, 0.717) is 10.6 Å². The van der Waals surface area contributed by atoms with Crippen molar-refractivity contribution in [3.8, 4) is 0 Å². The van der Waals surface area contributed by atoms with E-state index in [1.807, 2.05) is 18.2 Å². The molecule has 5 rings (SSSR count). The molecule has 0 aliphatic heterocycles. The zero-order valence-electron chi connectivity index (χ0n) is 12.1. The highest BCUT2D eigenvalue weighted by Crippen LogP contribution is 2.42. The number of halogens is 1. The van der Waals surface area contributed by atoms with Crippen LogP contribution in [0.2, 0.25) is 5.02 Å². The van der Waals surface area contributed by atoms with Gasteiger partial charge in [0, 0.05) is 10.9 Å². The van der Waals surface area contributed by atoms with Crippen LogP contribution in [0.3, 0.4) is 0 Å². The second-order valence-corrected chi connectivity index (χ2v) is 6.29. The largest absolute Gasteiger partial charge is 0.298 e. The normalized spacial score (nSPS) is 11.9. The molecule has 0 fully saturated rings. The van der Waals surface area contributed by atoms with E-state index < -0.39 is 0 Å². The second-order valence-electron chi connectivity index (χ2n) is 5.88. The molecular formula is C21H11ClO. The molecule has 5 aromatic rings. The van der Waals surface area contributed by atoms with Gasteiger partial charge in [-0.15, -0.1) is 0 Å². The van der Waals surface area contributed by atoms with Crippen molar-refractivity contribution in [2.45, 2.75) is 0 Å². The minimum absolute atomic E-state index is 0.510. The molecule has 23 heavy (non-hydrogen) atoms. The van der Waals surface area contributed by atoms with Crippen LogP contribution in [0.25, 0.3) is 43.1 Å². The van der Waals surface area contributed by atoms with Crippen molar-refractivity contribution in [2.24, 2.45) is 0 Å². The van der Waals surface area contributed by atoms with Crippen LogP contribution in [0, 0.1) is 0 Å². The summed E-state index contributed by atoms with van der Waals surface area (Å²) in [4.78, 5) is 11.7. The average Bonchev–Trinajstić information content (AvgIpc) is 2.58. The van der Waals surface area contributed by atoms with Crippen LogP contribution in [0.5, 0.6) is 0 Å². The molecule has 0 bridgehead atoms. The molecule has 0 atom stereocenters. The van der Waals surface area contributed by atoms with Gasteiger partial charge in [0.2, 0.25) is 0 Å². The smallest absolute Gasteiger partial charge is 0.152 e. The Kier molecular flexibility index (Phi) is 2.48. The number of aldehydes is 1. The fourth-order valence-corrected chi connectivity index (χ4v) is 4.09. The van der Waals surface area contributed by atoms with Crippen molar-refractivity contribution in [2.75, 3.05) is 0 Å². The summed E-state index contributed by atoms with van der Waals surface area (Å²) in [5.74, 6) is 0. The number of carbonyl (C=O) groups is 1. The lowest BCUT2D eigenvalue weighted by molar-refractivity contribution is 0.112. The number of hydrogen-bond acceptors (Lipinski definition) is 1. The van der Waals surface area contributed by atoms with E-state index in [-0.39, 0.29) is 0 Å². The Hall–Kier alpha value is -2.64. The van der Waals surface area contributed by atoms with Crippen LogP contribution >= 0.6 is 11.6 Å². The van der Waals surface area contributed by atoms with Gasteiger partial charge in [-0.25, -0.2) is 0 Å². The standard InChI is InChI=1S/C21H11ClO/c22-18-10-13-6-3-8-15-14-7-1-4-12-5-2-9-16(19(12)14)21(20(13)15)17(18)11-23/h1-11H. The van der Waals surface area contributed by atoms with Crippen LogP contribution in [0.15, 0.2) is 60.7 Å². The number of rotatable bonds is 1. The van der Waals surface area contributed by atoms with E-state index >= 15 is 0 Å². The zero-order valence-corrected chi connectivity index (χ0v) is 12.9. The third kappa shape index (κ3) is 1.55. The van der Waals surface area contributed by atoms with Gasteiger partial charge in [0.05, 0.1) is 5.02 Å². The Morgan fingerprint density at radius 3 is 2.00 bits per heavy atom. The maximum absolute atomic E-state index is 11.7. The number of benzene rings is 5. The molecule has 0 radical (unpaired) electrons. The third-order valence-corrected chi connectivity index (χ3v) is 5.05. The second kappa shape index (κ2) is 4.43. The van der Waals surface area contributed by atoms with E-state index in [2.05, 4.69) is 42.5 Å². The summed E-state index contributed by atoms with van der Waals surface area (Å²) >= 11 is 6.39. The van der Waals surface area contributed by atoms with E-state index in [9.17, 15) is 4.79 Å². The molecule has 0 heterocycles. The van der Waals surface area contributed by atoms with E-state index in [4.69, 9.17) is 11.6 Å². The summed E-state index contributed by atoms with van der Waals surface area (Å²) in [5, 5.41) is 9.51. The van der Waals surface area contributed by atoms with Gasteiger partial charge in [-0.3, -0.25) is 4.79 Å². The summed E-state index contributed by atoms with van der Waals surface area (Å²) in [6.45, 7) is 0. The first-order valence-corrected chi connectivity index (χ1v) is 7.90. The quantitative estimate of drug-likeness (QED) is 0.204. The summed E-state index contributed by atoms with van der Waals surface area (Å²) in [6.07, 6.45) is 0.876. The lowest BCUT2D eigenvalue weighted by Gasteiger charge is -2.16. The van der Waals surface area contributed by atoms with Gasteiger partial charge in [-0.2, -0.15) is 0 Å². The fraction of sp³-hybridized carbons (Fsp3) is 0. The topological polar surface area (TPSA) is 17.1 Å². The minimum atomic E-state index is 0.510. The molecular weight excluding hydrogens is 304 g/mol. The number of carbonyl (C=O) groups excluding carboxylic acids is 1. The van der Waals surface area contributed by atoms with E-state index in [1.165, 1.54) is 21.5 Å². The van der Waals surface area contributed by atoms with Crippen LogP contribution < -0.4 is 0 Å². The molecule has 0 saturated heterocycles. The van der Waals surface area contributed by atoms with Gasteiger partial charge in [0.25, 0.3) is 0 Å². The highest BCUT2D eigenvalue weighted by atomic mass is 35.5. The molecule has 0 N–H and O–H groups in total. The van der Waals surface area contributed by atoms with Gasteiger partial charge in [-0.1, -0.05) is 66.2 Å². The Morgan fingerprint density at radius 1 is 0.696 bits per heavy atom. The first-order chi connectivity index (χ1) is 11.3. The van der Waals surface area contributed by atoms with Gasteiger partial charge < -0.3 is 0 Å². The zero-order chi connectivity index (χ0) is 15.6. The molecule has 0 saturated carbocycles. The van der Waals surface area contributed by atoms with Gasteiger partial charge in [-0.05, 0) is 43.8 Å². The van der Waals surface area contributed by atoms with E-state index in [1.54, 1.807) is 0 Å². The summed E-state index contributed by atoms with van der Waals surface area (Å²) in [6, 6.07) is 20.7. The molecule has 0 unspecified atom stereocenters. The third-order valence-electron chi connectivity index (χ3n) is 4.74. The maximum Gasteiger partial charge on any atom is 0.152 e. The molecule has 0 aliphatic carbocycles. The van der Waals surface area contributed by atoms with Crippen molar-refractivity contribution >= 4 is 61.0 Å². The lowest BCUT2D eigenvalue weighted by Crippen LogP contribution is -1.92. The maximum atomic E-state index is 11.7. The van der Waals surface area contributed by atoms with Crippen molar-refractivity contribution in [1.29, 1.82) is 0 Å². The minimum Gasteiger partial charge on any atom is -0.298 e. The van der Waals surface area contributed by atoms with E-state index in [0.717, 1.165) is 27.8 Å². The van der Waals surface area contributed by atoms with Gasteiger partial charge >= 0.3 is 0 Å². The van der Waals surface area contributed by atoms with Gasteiger partial charge in [0.15, 0.2) is 6.29 Å². The lowest BCUT2D eigenvalue weighted by atomic mass is 9.88. The summed E-state index contributed by atoms with van der Waals surface area (Å²) < 4.78 is 0. The number of hydrogen-bond donors (Lipinski definition) is 0. The molecule has 5 aromatic carbocycles. The molecule has 0 aromatic heterocycles. The number of fused-ring (bicyclic) bond motifs is 2. The summed E-state index contributed by atoms with van der Waals surface area (Å²) in [7, 11) is 0. The predicted octanol–water partition coefficient (Wildman–Crippen LogP) is 6.20. The van der Waals surface area contributed by atoms with Crippen LogP contribution in [-0.4, -0.2) is 6.29 Å². The first-order valence-electron chi connectivity index (χ1n) is 7.52. The monoisotopic (exact) mass is 314 g/mol. The molecule has 2 heteroatoms. The molecule has 0 amide bonds. The molecule has 0 spiro atoms. The van der Waals surface area contributed by atoms with Crippen LogP contribution in [-0.2, 0) is 0 Å². The Balaban J connectivity index is 2.31. The predicted molar refractivity (Wildman–Crippen MR) is 98.0 cm³/mol. The van der Waals surface area contributed by atoms with Crippen molar-refractivity contribution < 1.29 is 4.79 Å². The molecule has 1 nitrogen and oxygen atoms in total. The van der Waals surface area contributed by atoms with Crippen molar-refractivity contribution in [3.63, 3.8) is 0 Å². The first kappa shape index (κ1) is 12.9.